The number of ether oxygens (including phenoxy) is 1. The molecule has 0 saturated carbocycles. The van der Waals surface area contributed by atoms with Crippen LogP contribution in [-0.2, 0) is 9.59 Å². The van der Waals surface area contributed by atoms with Crippen molar-refractivity contribution in [2.45, 2.75) is 20.3 Å². The Morgan fingerprint density at radius 3 is 2.67 bits per heavy atom. The van der Waals surface area contributed by atoms with Gasteiger partial charge in [-0.05, 0) is 41.3 Å². The van der Waals surface area contributed by atoms with E-state index >= 15 is 0 Å². The number of esters is 1. The number of benzene rings is 1. The summed E-state index contributed by atoms with van der Waals surface area (Å²) >= 11 is 2.73. The Hall–Kier alpha value is -1.53. The molecule has 0 atom stereocenters. The zero-order valence-electron chi connectivity index (χ0n) is 11.8. The van der Waals surface area contributed by atoms with Crippen LogP contribution in [0.2, 0.25) is 0 Å². The summed E-state index contributed by atoms with van der Waals surface area (Å²) in [5.74, 6) is 1.13. The minimum Gasteiger partial charge on any atom is -0.427 e. The molecule has 0 bridgehead atoms. The maximum Gasteiger partial charge on any atom is 0.310 e. The molecule has 1 aliphatic heterocycles. The third-order valence-corrected chi connectivity index (χ3v) is 4.46. The smallest absolute Gasteiger partial charge is 0.310 e. The lowest BCUT2D eigenvalue weighted by Gasteiger charge is -2.02. The van der Waals surface area contributed by atoms with Gasteiger partial charge in [0.05, 0.1) is 0 Å². The van der Waals surface area contributed by atoms with Crippen LogP contribution in [0.15, 0.2) is 35.0 Å². The number of hydrogen-bond acceptors (Lipinski definition) is 6. The fraction of sp³-hybridized carbons (Fsp3) is 0.267. The van der Waals surface area contributed by atoms with Gasteiger partial charge in [0.2, 0.25) is 5.12 Å². The van der Waals surface area contributed by atoms with Crippen LogP contribution in [0.3, 0.4) is 0 Å². The standard InChI is InChI=1S/C15H15NO3S2/c1-3-13(17)19-11-7-5-10(6-8-11)9-12-14(18)21-15(16-12)20-4-2/h5-9H,3-4H2,1-2H3/b12-9+. The van der Waals surface area contributed by atoms with Gasteiger partial charge in [0.25, 0.3) is 0 Å². The fourth-order valence-corrected chi connectivity index (χ4v) is 3.31. The zero-order chi connectivity index (χ0) is 15.2. The summed E-state index contributed by atoms with van der Waals surface area (Å²) in [6.07, 6.45) is 2.08. The van der Waals surface area contributed by atoms with Crippen molar-refractivity contribution in [1.82, 2.24) is 0 Å². The summed E-state index contributed by atoms with van der Waals surface area (Å²) < 4.78 is 5.89. The van der Waals surface area contributed by atoms with Crippen molar-refractivity contribution in [3.63, 3.8) is 0 Å². The van der Waals surface area contributed by atoms with Crippen LogP contribution < -0.4 is 4.74 Å². The number of carbonyl (C=O) groups is 2. The molecule has 1 heterocycles. The van der Waals surface area contributed by atoms with Gasteiger partial charge < -0.3 is 4.74 Å². The van der Waals surface area contributed by atoms with Gasteiger partial charge >= 0.3 is 5.97 Å². The maximum atomic E-state index is 11.8. The van der Waals surface area contributed by atoms with E-state index < -0.39 is 0 Å². The zero-order valence-corrected chi connectivity index (χ0v) is 13.4. The molecule has 0 fully saturated rings. The topological polar surface area (TPSA) is 55.7 Å². The van der Waals surface area contributed by atoms with Gasteiger partial charge in [0, 0.05) is 6.42 Å². The molecular weight excluding hydrogens is 306 g/mol. The first-order chi connectivity index (χ1) is 10.1. The van der Waals surface area contributed by atoms with E-state index in [9.17, 15) is 9.59 Å². The number of aliphatic imine (C=N–C) groups is 1. The van der Waals surface area contributed by atoms with E-state index in [4.69, 9.17) is 4.74 Å². The summed E-state index contributed by atoms with van der Waals surface area (Å²) in [5.41, 5.74) is 1.30. The molecule has 110 valence electrons. The third-order valence-electron chi connectivity index (χ3n) is 2.57. The molecule has 0 amide bonds. The maximum absolute atomic E-state index is 11.8. The average Bonchev–Trinajstić information content (AvgIpc) is 2.81. The molecule has 6 heteroatoms. The number of rotatable bonds is 4. The summed E-state index contributed by atoms with van der Waals surface area (Å²) in [6.45, 7) is 3.77. The summed E-state index contributed by atoms with van der Waals surface area (Å²) in [7, 11) is 0. The highest BCUT2D eigenvalue weighted by molar-refractivity contribution is 8.45. The van der Waals surface area contributed by atoms with Crippen LogP contribution in [0.25, 0.3) is 6.08 Å². The Labute approximate surface area is 132 Å². The van der Waals surface area contributed by atoms with Crippen molar-refractivity contribution in [2.24, 2.45) is 4.99 Å². The summed E-state index contributed by atoms with van der Waals surface area (Å²) in [5, 5.41) is -0.0348. The summed E-state index contributed by atoms with van der Waals surface area (Å²) in [4.78, 5) is 27.3. The van der Waals surface area contributed by atoms with Crippen molar-refractivity contribution >= 4 is 45.1 Å². The Kier molecular flexibility index (Phi) is 5.64. The van der Waals surface area contributed by atoms with Crippen LogP contribution in [0.1, 0.15) is 25.8 Å². The predicted molar refractivity (Wildman–Crippen MR) is 88.5 cm³/mol. The van der Waals surface area contributed by atoms with Gasteiger partial charge in [-0.15, -0.1) is 0 Å². The van der Waals surface area contributed by atoms with E-state index in [2.05, 4.69) is 4.99 Å². The van der Waals surface area contributed by atoms with E-state index in [1.807, 2.05) is 6.92 Å². The Morgan fingerprint density at radius 2 is 2.05 bits per heavy atom. The predicted octanol–water partition coefficient (Wildman–Crippen LogP) is 3.73. The number of hydrogen-bond donors (Lipinski definition) is 0. The highest BCUT2D eigenvalue weighted by atomic mass is 32.2. The molecule has 1 aromatic carbocycles. The molecule has 0 saturated heterocycles. The second-order valence-electron chi connectivity index (χ2n) is 4.13. The molecule has 0 unspecified atom stereocenters. The largest absolute Gasteiger partial charge is 0.427 e. The molecule has 1 aromatic rings. The molecule has 4 nitrogen and oxygen atoms in total. The number of thioether (sulfide) groups is 2. The van der Waals surface area contributed by atoms with Gasteiger partial charge in [-0.1, -0.05) is 37.7 Å². The quantitative estimate of drug-likeness (QED) is 0.480. The minimum absolute atomic E-state index is 0.0348. The average molecular weight is 321 g/mol. The van der Waals surface area contributed by atoms with Crippen molar-refractivity contribution in [3.05, 3.63) is 35.5 Å². The minimum atomic E-state index is -0.269. The molecule has 0 aromatic heterocycles. The molecule has 0 radical (unpaired) electrons. The van der Waals surface area contributed by atoms with Crippen LogP contribution >= 0.6 is 23.5 Å². The van der Waals surface area contributed by atoms with Crippen LogP contribution in [0.5, 0.6) is 5.75 Å². The molecule has 1 aliphatic rings. The van der Waals surface area contributed by atoms with E-state index in [1.165, 1.54) is 11.8 Å². The monoisotopic (exact) mass is 321 g/mol. The lowest BCUT2D eigenvalue weighted by molar-refractivity contribution is -0.134. The van der Waals surface area contributed by atoms with E-state index in [0.717, 1.165) is 15.7 Å². The molecule has 2 rings (SSSR count). The second kappa shape index (κ2) is 7.47. The highest BCUT2D eigenvalue weighted by Gasteiger charge is 2.21. The lowest BCUT2D eigenvalue weighted by atomic mass is 10.2. The van der Waals surface area contributed by atoms with Gasteiger partial charge in [-0.2, -0.15) is 0 Å². The van der Waals surface area contributed by atoms with Gasteiger partial charge in [-0.25, -0.2) is 4.99 Å². The van der Waals surface area contributed by atoms with Crippen LogP contribution in [0, 0.1) is 0 Å². The van der Waals surface area contributed by atoms with E-state index in [0.29, 0.717) is 17.9 Å². The molecule has 21 heavy (non-hydrogen) atoms. The first kappa shape index (κ1) is 15.9. The van der Waals surface area contributed by atoms with Gasteiger partial charge in [-0.3, -0.25) is 9.59 Å². The van der Waals surface area contributed by atoms with Crippen LogP contribution in [0.4, 0.5) is 0 Å². The summed E-state index contributed by atoms with van der Waals surface area (Å²) in [6, 6.07) is 7.00. The van der Waals surface area contributed by atoms with Gasteiger partial charge in [0.1, 0.15) is 15.8 Å². The SMILES string of the molecule is CCSC1=N/C(=C/c2ccc(OC(=O)CC)cc2)C(=O)S1. The molecule has 0 spiro atoms. The molecular formula is C15H15NO3S2. The van der Waals surface area contributed by atoms with E-state index in [1.54, 1.807) is 49.0 Å². The van der Waals surface area contributed by atoms with Gasteiger partial charge in [0.15, 0.2) is 0 Å². The lowest BCUT2D eigenvalue weighted by Crippen LogP contribution is -2.05. The van der Waals surface area contributed by atoms with Crippen molar-refractivity contribution in [2.75, 3.05) is 5.75 Å². The Morgan fingerprint density at radius 1 is 1.33 bits per heavy atom. The Balaban J connectivity index is 2.11. The fourth-order valence-electron chi connectivity index (χ4n) is 1.57. The first-order valence-corrected chi connectivity index (χ1v) is 8.38. The normalized spacial score (nSPS) is 16.2. The third kappa shape index (κ3) is 4.47. The Bertz CT molecular complexity index is 606. The molecule has 0 N–H and O–H groups in total. The van der Waals surface area contributed by atoms with Crippen LogP contribution in [-0.4, -0.2) is 21.2 Å². The second-order valence-corrected chi connectivity index (χ2v) is 6.60. The highest BCUT2D eigenvalue weighted by Crippen LogP contribution is 2.30. The molecule has 0 aliphatic carbocycles. The number of carbonyl (C=O) groups excluding carboxylic acids is 2. The van der Waals surface area contributed by atoms with Crippen molar-refractivity contribution in [3.8, 4) is 5.75 Å². The van der Waals surface area contributed by atoms with Crippen molar-refractivity contribution < 1.29 is 14.3 Å². The van der Waals surface area contributed by atoms with Crippen molar-refractivity contribution in [1.29, 1.82) is 0 Å². The van der Waals surface area contributed by atoms with E-state index in [-0.39, 0.29) is 11.1 Å². The first-order valence-electron chi connectivity index (χ1n) is 6.58. The number of nitrogens with zero attached hydrogens (tertiary/aromatic N) is 1.